The van der Waals surface area contributed by atoms with Crippen molar-refractivity contribution in [1.29, 1.82) is 0 Å². The molecule has 1 aliphatic rings. The van der Waals surface area contributed by atoms with Crippen LogP contribution in [0.2, 0.25) is 0 Å². The number of nitrogens with zero attached hydrogens (tertiary/aromatic N) is 4. The predicted molar refractivity (Wildman–Crippen MR) is 108 cm³/mol. The van der Waals surface area contributed by atoms with Crippen molar-refractivity contribution in [2.75, 3.05) is 42.7 Å². The number of fused-ring (bicyclic) bond motifs is 1. The van der Waals surface area contributed by atoms with Crippen LogP contribution in [0.5, 0.6) is 0 Å². The smallest absolute Gasteiger partial charge is 0.232 e. The van der Waals surface area contributed by atoms with Gasteiger partial charge in [-0.2, -0.15) is 0 Å². The molecule has 0 amide bonds. The topological polar surface area (TPSA) is 100 Å². The Balaban J connectivity index is 1.89. The van der Waals surface area contributed by atoms with Crippen LogP contribution in [0.25, 0.3) is 21.0 Å². The van der Waals surface area contributed by atoms with Crippen molar-refractivity contribution in [3.8, 4) is 10.8 Å². The summed E-state index contributed by atoms with van der Waals surface area (Å²) >= 11 is 1.79. The first-order chi connectivity index (χ1) is 12.7. The minimum atomic E-state index is -1.11. The molecule has 4 heterocycles. The first-order valence-corrected chi connectivity index (χ1v) is 11.4. The molecule has 0 radical (unpaired) electrons. The maximum Gasteiger partial charge on any atom is 0.232 e. The highest BCUT2D eigenvalue weighted by molar-refractivity contribution is 7.93. The molecule has 3 aromatic rings. The Kier molecular flexibility index (Phi) is 5.28. The second kappa shape index (κ2) is 7.65. The maximum atomic E-state index is 12.6. The summed E-state index contributed by atoms with van der Waals surface area (Å²) in [4.78, 5) is 16.7. The number of thiazole rings is 1. The lowest BCUT2D eigenvalue weighted by Crippen LogP contribution is -2.37. The van der Waals surface area contributed by atoms with Crippen molar-refractivity contribution in [1.82, 2.24) is 15.0 Å². The first-order valence-electron chi connectivity index (χ1n) is 8.40. The van der Waals surface area contributed by atoms with Gasteiger partial charge in [-0.3, -0.25) is 0 Å². The average Bonchev–Trinajstić information content (AvgIpc) is 3.30. The Labute approximate surface area is 162 Å². The largest absolute Gasteiger partial charge is 0.611 e. The lowest BCUT2D eigenvalue weighted by atomic mass is 10.3. The molecule has 0 bridgehead atoms. The van der Waals surface area contributed by atoms with Gasteiger partial charge < -0.3 is 19.9 Å². The van der Waals surface area contributed by atoms with Crippen LogP contribution >= 0.6 is 22.7 Å². The number of rotatable bonds is 5. The molecule has 0 aliphatic carbocycles. The van der Waals surface area contributed by atoms with Gasteiger partial charge in [0.1, 0.15) is 22.1 Å². The Morgan fingerprint density at radius 2 is 2.15 bits per heavy atom. The molecule has 7 nitrogen and oxygen atoms in total. The summed E-state index contributed by atoms with van der Waals surface area (Å²) in [6.45, 7) is 4.80. The summed E-state index contributed by atoms with van der Waals surface area (Å²) in [5.74, 6) is 1.97. The lowest BCUT2D eigenvalue weighted by Gasteiger charge is -2.28. The highest BCUT2D eigenvalue weighted by Gasteiger charge is 2.27. The Hall–Kier alpha value is -1.46. The van der Waals surface area contributed by atoms with Crippen LogP contribution in [-0.4, -0.2) is 51.6 Å². The number of anilines is 2. The summed E-state index contributed by atoms with van der Waals surface area (Å²) in [7, 11) is 0. The third-order valence-electron chi connectivity index (χ3n) is 4.07. The molecule has 26 heavy (non-hydrogen) atoms. The monoisotopic (exact) mass is 409 g/mol. The fourth-order valence-corrected chi connectivity index (χ4v) is 6.02. The fourth-order valence-electron chi connectivity index (χ4n) is 2.86. The molecule has 1 fully saturated rings. The number of hydrogen-bond donors (Lipinski definition) is 1. The van der Waals surface area contributed by atoms with E-state index in [0.29, 0.717) is 34.7 Å². The maximum absolute atomic E-state index is 12.6. The third-order valence-corrected chi connectivity index (χ3v) is 7.95. The zero-order valence-corrected chi connectivity index (χ0v) is 16.8. The summed E-state index contributed by atoms with van der Waals surface area (Å²) < 4.78 is 18.8. The molecule has 0 saturated carbocycles. The zero-order valence-electron chi connectivity index (χ0n) is 14.3. The molecule has 138 valence electrons. The van der Waals surface area contributed by atoms with Crippen molar-refractivity contribution in [3.63, 3.8) is 0 Å². The lowest BCUT2D eigenvalue weighted by molar-refractivity contribution is 0.122. The highest BCUT2D eigenvalue weighted by atomic mass is 32.2. The summed E-state index contributed by atoms with van der Waals surface area (Å²) in [6, 6.07) is 0. The molecular weight excluding hydrogens is 390 g/mol. The van der Waals surface area contributed by atoms with Crippen LogP contribution in [0.4, 0.5) is 11.5 Å². The average molecular weight is 410 g/mol. The van der Waals surface area contributed by atoms with E-state index in [1.807, 2.05) is 12.3 Å². The van der Waals surface area contributed by atoms with Crippen LogP contribution in [0, 0.1) is 0 Å². The van der Waals surface area contributed by atoms with Gasteiger partial charge in [-0.15, -0.1) is 11.3 Å². The molecule has 4 rings (SSSR count). The zero-order chi connectivity index (χ0) is 18.1. The van der Waals surface area contributed by atoms with Gasteiger partial charge in [0.15, 0.2) is 10.8 Å². The van der Waals surface area contributed by atoms with Crippen molar-refractivity contribution >= 4 is 55.6 Å². The van der Waals surface area contributed by atoms with Crippen molar-refractivity contribution < 1.29 is 9.29 Å². The first kappa shape index (κ1) is 17.9. The molecular formula is C16H19N5O2S3. The minimum absolute atomic E-state index is 0.545. The van der Waals surface area contributed by atoms with Crippen LogP contribution in [0.3, 0.4) is 0 Å². The summed E-state index contributed by atoms with van der Waals surface area (Å²) in [6.07, 6.45) is 2.58. The van der Waals surface area contributed by atoms with Gasteiger partial charge in [0.05, 0.1) is 18.6 Å². The number of nitrogen functional groups attached to an aromatic ring is 1. The van der Waals surface area contributed by atoms with E-state index < -0.39 is 11.2 Å². The van der Waals surface area contributed by atoms with Gasteiger partial charge in [0, 0.05) is 24.7 Å². The SMILES string of the molecule is CCC[S+]([O-])c1sc2nc(-c3nccs3)nc(N3CCOCC3)c2c1N. The van der Waals surface area contributed by atoms with Gasteiger partial charge in [0.2, 0.25) is 4.21 Å². The quantitative estimate of drug-likeness (QED) is 0.647. The number of morpholine rings is 1. The Morgan fingerprint density at radius 1 is 1.35 bits per heavy atom. The van der Waals surface area contributed by atoms with Crippen LogP contribution in [-0.2, 0) is 15.9 Å². The highest BCUT2D eigenvalue weighted by Crippen LogP contribution is 2.42. The Morgan fingerprint density at radius 3 is 2.85 bits per heavy atom. The number of nitrogens with two attached hydrogens (primary N) is 1. The number of ether oxygens (including phenoxy) is 1. The number of hydrogen-bond acceptors (Lipinski definition) is 9. The van der Waals surface area contributed by atoms with Crippen LogP contribution < -0.4 is 10.6 Å². The van der Waals surface area contributed by atoms with Gasteiger partial charge >= 0.3 is 0 Å². The summed E-state index contributed by atoms with van der Waals surface area (Å²) in [5, 5.41) is 3.48. The molecule has 1 aliphatic heterocycles. The molecule has 1 atom stereocenters. The van der Waals surface area contributed by atoms with E-state index in [2.05, 4.69) is 14.9 Å². The van der Waals surface area contributed by atoms with E-state index in [1.54, 1.807) is 6.20 Å². The van der Waals surface area contributed by atoms with Gasteiger partial charge in [-0.25, -0.2) is 15.0 Å². The minimum Gasteiger partial charge on any atom is -0.611 e. The fraction of sp³-hybridized carbons (Fsp3) is 0.438. The van der Waals surface area contributed by atoms with E-state index in [9.17, 15) is 4.55 Å². The van der Waals surface area contributed by atoms with Gasteiger partial charge in [-0.1, -0.05) is 18.3 Å². The second-order valence-electron chi connectivity index (χ2n) is 5.84. The molecule has 3 aromatic heterocycles. The second-order valence-corrected chi connectivity index (χ2v) is 9.50. The number of thiophene rings is 1. The predicted octanol–water partition coefficient (Wildman–Crippen LogP) is 2.75. The molecule has 10 heteroatoms. The van der Waals surface area contributed by atoms with E-state index in [-0.39, 0.29) is 0 Å². The van der Waals surface area contributed by atoms with Gasteiger partial charge in [-0.05, 0) is 17.6 Å². The number of aromatic nitrogens is 3. The molecule has 1 saturated heterocycles. The standard InChI is InChI=1S/C16H19N5O2S3/c1-2-9-26(22)16-11(17)10-13(21-4-6-23-7-5-21)19-12(20-14(10)25-16)15-18-3-8-24-15/h3,8H,2,4-7,9,17H2,1H3. The molecule has 2 N–H and O–H groups in total. The van der Waals surface area contributed by atoms with E-state index in [4.69, 9.17) is 15.5 Å². The van der Waals surface area contributed by atoms with Gasteiger partial charge in [0.25, 0.3) is 0 Å². The van der Waals surface area contributed by atoms with Crippen LogP contribution in [0.1, 0.15) is 13.3 Å². The van der Waals surface area contributed by atoms with Crippen molar-refractivity contribution in [2.45, 2.75) is 17.6 Å². The van der Waals surface area contributed by atoms with Crippen molar-refractivity contribution in [3.05, 3.63) is 11.6 Å². The van der Waals surface area contributed by atoms with Crippen molar-refractivity contribution in [2.24, 2.45) is 0 Å². The van der Waals surface area contributed by atoms with E-state index >= 15 is 0 Å². The summed E-state index contributed by atoms with van der Waals surface area (Å²) in [5.41, 5.74) is 6.96. The van der Waals surface area contributed by atoms with E-state index in [1.165, 1.54) is 22.7 Å². The molecule has 0 spiro atoms. The van der Waals surface area contributed by atoms with Crippen LogP contribution in [0.15, 0.2) is 15.8 Å². The third kappa shape index (κ3) is 3.27. The normalized spacial score (nSPS) is 16.3. The molecule has 0 aromatic carbocycles. The Bertz CT molecular complexity index is 893. The molecule has 1 unspecified atom stereocenters. The van der Waals surface area contributed by atoms with E-state index in [0.717, 1.165) is 40.6 Å².